The Morgan fingerprint density at radius 2 is 1.66 bits per heavy atom. The molecule has 13 heteroatoms. The van der Waals surface area contributed by atoms with Gasteiger partial charge in [-0.3, -0.25) is 19.4 Å². The summed E-state index contributed by atoms with van der Waals surface area (Å²) in [5.74, 6) is -2.57. The molecule has 32 heavy (non-hydrogen) atoms. The van der Waals surface area contributed by atoms with Crippen molar-refractivity contribution in [2.45, 2.75) is 57.7 Å². The highest BCUT2D eigenvalue weighted by molar-refractivity contribution is 7.98. The molecule has 0 aromatic carbocycles. The van der Waals surface area contributed by atoms with Crippen molar-refractivity contribution in [1.82, 2.24) is 16.0 Å². The van der Waals surface area contributed by atoms with Crippen LogP contribution in [-0.2, 0) is 19.2 Å². The molecule has 4 atom stereocenters. The predicted molar refractivity (Wildman–Crippen MR) is 125 cm³/mol. The SMILES string of the molecule is CCC(C)C(NC(=O)CN)C(=O)NC(CCSC)C(=O)NC(CCCN=C(N)N)C(=O)O. The lowest BCUT2D eigenvalue weighted by Crippen LogP contribution is -2.57. The van der Waals surface area contributed by atoms with Gasteiger partial charge in [-0.25, -0.2) is 4.79 Å². The molecule has 0 heterocycles. The van der Waals surface area contributed by atoms with E-state index in [-0.39, 0.29) is 37.8 Å². The summed E-state index contributed by atoms with van der Waals surface area (Å²) in [6.45, 7) is 3.63. The molecule has 3 amide bonds. The third kappa shape index (κ3) is 11.7. The number of carboxylic acids is 1. The van der Waals surface area contributed by atoms with E-state index in [1.165, 1.54) is 11.8 Å². The Hall–Kier alpha value is -2.54. The maximum atomic E-state index is 12.9. The summed E-state index contributed by atoms with van der Waals surface area (Å²) in [5, 5.41) is 17.1. The molecule has 0 saturated carbocycles. The van der Waals surface area contributed by atoms with Gasteiger partial charge in [-0.15, -0.1) is 0 Å². The number of carbonyl (C=O) groups is 4. The van der Waals surface area contributed by atoms with Gasteiger partial charge >= 0.3 is 5.97 Å². The second-order valence-electron chi connectivity index (χ2n) is 7.33. The smallest absolute Gasteiger partial charge is 0.326 e. The van der Waals surface area contributed by atoms with Gasteiger partial charge in [0.2, 0.25) is 17.7 Å². The number of rotatable bonds is 16. The van der Waals surface area contributed by atoms with Gasteiger partial charge < -0.3 is 38.3 Å². The maximum absolute atomic E-state index is 12.9. The first-order valence-electron chi connectivity index (χ1n) is 10.4. The first-order valence-corrected chi connectivity index (χ1v) is 11.8. The lowest BCUT2D eigenvalue weighted by molar-refractivity contribution is -0.142. The molecule has 0 aliphatic rings. The Bertz CT molecular complexity index is 658. The zero-order valence-corrected chi connectivity index (χ0v) is 19.7. The zero-order chi connectivity index (χ0) is 24.7. The quantitative estimate of drug-likeness (QED) is 0.0771. The number of hydrogen-bond acceptors (Lipinski definition) is 7. The van der Waals surface area contributed by atoms with E-state index < -0.39 is 41.8 Å². The number of amides is 3. The van der Waals surface area contributed by atoms with Gasteiger partial charge in [0, 0.05) is 6.54 Å². The molecule has 184 valence electrons. The fourth-order valence-corrected chi connectivity index (χ4v) is 3.20. The third-order valence-corrected chi connectivity index (χ3v) is 5.44. The van der Waals surface area contributed by atoms with Gasteiger partial charge in [0.15, 0.2) is 5.96 Å². The van der Waals surface area contributed by atoms with Crippen molar-refractivity contribution in [3.63, 3.8) is 0 Å². The van der Waals surface area contributed by atoms with E-state index in [1.54, 1.807) is 6.92 Å². The summed E-state index contributed by atoms with van der Waals surface area (Å²) in [6.07, 6.45) is 3.21. The first-order chi connectivity index (χ1) is 15.1. The van der Waals surface area contributed by atoms with Gasteiger partial charge in [-0.1, -0.05) is 20.3 Å². The van der Waals surface area contributed by atoms with Crippen LogP contribution in [0.5, 0.6) is 0 Å². The van der Waals surface area contributed by atoms with E-state index in [0.29, 0.717) is 18.6 Å². The molecule has 10 N–H and O–H groups in total. The van der Waals surface area contributed by atoms with Crippen LogP contribution in [0, 0.1) is 5.92 Å². The second kappa shape index (κ2) is 16.1. The predicted octanol–water partition coefficient (Wildman–Crippen LogP) is -1.66. The molecular formula is C19H37N7O5S. The molecule has 0 aromatic rings. The highest BCUT2D eigenvalue weighted by Gasteiger charge is 2.31. The fourth-order valence-electron chi connectivity index (χ4n) is 2.73. The summed E-state index contributed by atoms with van der Waals surface area (Å²) >= 11 is 1.48. The molecule has 0 aliphatic heterocycles. The molecule has 0 rings (SSSR count). The Morgan fingerprint density at radius 1 is 1.03 bits per heavy atom. The van der Waals surface area contributed by atoms with Crippen molar-refractivity contribution in [1.29, 1.82) is 0 Å². The number of carboxylic acid groups (broad SMARTS) is 1. The van der Waals surface area contributed by atoms with Crippen LogP contribution in [0.2, 0.25) is 0 Å². The molecule has 0 bridgehead atoms. The van der Waals surface area contributed by atoms with E-state index >= 15 is 0 Å². The van der Waals surface area contributed by atoms with Gasteiger partial charge in [0.05, 0.1) is 6.54 Å². The summed E-state index contributed by atoms with van der Waals surface area (Å²) in [5.41, 5.74) is 15.8. The number of thioether (sulfide) groups is 1. The van der Waals surface area contributed by atoms with Gasteiger partial charge in [-0.2, -0.15) is 11.8 Å². The average Bonchev–Trinajstić information content (AvgIpc) is 2.75. The van der Waals surface area contributed by atoms with E-state index in [9.17, 15) is 24.3 Å². The number of hydrogen-bond donors (Lipinski definition) is 7. The summed E-state index contributed by atoms with van der Waals surface area (Å²) in [6, 6.07) is -2.99. The molecule has 0 radical (unpaired) electrons. The Labute approximate surface area is 192 Å². The van der Waals surface area contributed by atoms with E-state index in [0.717, 1.165) is 0 Å². The molecular weight excluding hydrogens is 438 g/mol. The van der Waals surface area contributed by atoms with E-state index in [1.807, 2.05) is 13.2 Å². The second-order valence-corrected chi connectivity index (χ2v) is 8.31. The minimum Gasteiger partial charge on any atom is -0.480 e. The van der Waals surface area contributed by atoms with Crippen LogP contribution in [-0.4, -0.2) is 78.0 Å². The number of guanidine groups is 1. The lowest BCUT2D eigenvalue weighted by Gasteiger charge is -2.27. The number of nitrogens with zero attached hydrogens (tertiary/aromatic N) is 1. The first kappa shape index (κ1) is 29.5. The minimum absolute atomic E-state index is 0.0988. The monoisotopic (exact) mass is 475 g/mol. The highest BCUT2D eigenvalue weighted by atomic mass is 32.2. The number of aliphatic carboxylic acids is 1. The molecule has 0 fully saturated rings. The van der Waals surface area contributed by atoms with Crippen LogP contribution in [0.3, 0.4) is 0 Å². The van der Waals surface area contributed by atoms with Crippen LogP contribution >= 0.6 is 11.8 Å². The van der Waals surface area contributed by atoms with Crippen LogP contribution in [0.1, 0.15) is 39.5 Å². The van der Waals surface area contributed by atoms with Crippen molar-refractivity contribution in [2.24, 2.45) is 28.1 Å². The lowest BCUT2D eigenvalue weighted by atomic mass is 9.97. The van der Waals surface area contributed by atoms with Gasteiger partial charge in [0.1, 0.15) is 18.1 Å². The van der Waals surface area contributed by atoms with Crippen molar-refractivity contribution in [2.75, 3.05) is 25.1 Å². The van der Waals surface area contributed by atoms with Crippen molar-refractivity contribution >= 4 is 41.4 Å². The van der Waals surface area contributed by atoms with Crippen molar-refractivity contribution in [3.05, 3.63) is 0 Å². The fraction of sp³-hybridized carbons (Fsp3) is 0.737. The topological polar surface area (TPSA) is 215 Å². The molecule has 0 aromatic heterocycles. The van der Waals surface area contributed by atoms with Crippen molar-refractivity contribution < 1.29 is 24.3 Å². The van der Waals surface area contributed by atoms with Gasteiger partial charge in [0.25, 0.3) is 0 Å². The summed E-state index contributed by atoms with van der Waals surface area (Å²) in [7, 11) is 0. The summed E-state index contributed by atoms with van der Waals surface area (Å²) in [4.78, 5) is 52.8. The zero-order valence-electron chi connectivity index (χ0n) is 18.9. The van der Waals surface area contributed by atoms with Crippen LogP contribution in [0.15, 0.2) is 4.99 Å². The number of carbonyl (C=O) groups excluding carboxylic acids is 3. The molecule has 4 unspecified atom stereocenters. The minimum atomic E-state index is -1.20. The number of nitrogens with one attached hydrogen (secondary N) is 3. The number of aliphatic imine (C=N–C) groups is 1. The van der Waals surface area contributed by atoms with Crippen molar-refractivity contribution in [3.8, 4) is 0 Å². The Kier molecular flexibility index (Phi) is 14.9. The molecule has 0 saturated heterocycles. The maximum Gasteiger partial charge on any atom is 0.326 e. The van der Waals surface area contributed by atoms with Crippen LogP contribution in [0.4, 0.5) is 0 Å². The Balaban J connectivity index is 5.30. The average molecular weight is 476 g/mol. The molecule has 0 spiro atoms. The Morgan fingerprint density at radius 3 is 2.16 bits per heavy atom. The third-order valence-electron chi connectivity index (χ3n) is 4.80. The largest absolute Gasteiger partial charge is 0.480 e. The van der Waals surface area contributed by atoms with E-state index in [2.05, 4.69) is 20.9 Å². The highest BCUT2D eigenvalue weighted by Crippen LogP contribution is 2.10. The van der Waals surface area contributed by atoms with Crippen LogP contribution < -0.4 is 33.2 Å². The molecule has 0 aliphatic carbocycles. The number of nitrogens with two attached hydrogens (primary N) is 3. The standard InChI is InChI=1S/C19H37N7O5S/c1-4-11(2)15(26-14(27)10-20)17(29)24-12(7-9-32-3)16(28)25-13(18(30)31)6-5-8-23-19(21)22/h11-13,15H,4-10,20H2,1-3H3,(H,24,29)(H,25,28)(H,26,27)(H,30,31)(H4,21,22,23). The van der Waals surface area contributed by atoms with Gasteiger partial charge in [-0.05, 0) is 37.2 Å². The molecule has 12 nitrogen and oxygen atoms in total. The van der Waals surface area contributed by atoms with E-state index in [4.69, 9.17) is 17.2 Å². The normalized spacial score (nSPS) is 14.4. The summed E-state index contributed by atoms with van der Waals surface area (Å²) < 4.78 is 0. The van der Waals surface area contributed by atoms with Crippen LogP contribution in [0.25, 0.3) is 0 Å².